The second-order valence-corrected chi connectivity index (χ2v) is 9.28. The first kappa shape index (κ1) is 23.7. The molecule has 0 aliphatic rings. The molecule has 3 rings (SSSR count). The number of rotatable bonds is 8. The lowest BCUT2D eigenvalue weighted by Gasteiger charge is -2.13. The fourth-order valence-electron chi connectivity index (χ4n) is 2.79. The van der Waals surface area contributed by atoms with Gasteiger partial charge in [-0.3, -0.25) is 9.52 Å². The van der Waals surface area contributed by atoms with Crippen molar-refractivity contribution >= 4 is 50.5 Å². The van der Waals surface area contributed by atoms with Crippen molar-refractivity contribution in [2.45, 2.75) is 11.8 Å². The SMILES string of the molecule is COc1ccc(Cl)cc1NC(=O)COc1ccc(S(=O)(=O)Nc2ccc(Cl)cc2)cc1C. The van der Waals surface area contributed by atoms with Crippen molar-refractivity contribution in [2.75, 3.05) is 23.8 Å². The Kier molecular flexibility index (Phi) is 7.50. The van der Waals surface area contributed by atoms with Gasteiger partial charge in [0.15, 0.2) is 6.61 Å². The summed E-state index contributed by atoms with van der Waals surface area (Å²) in [5.41, 5.74) is 1.36. The molecule has 0 aliphatic carbocycles. The lowest BCUT2D eigenvalue weighted by Crippen LogP contribution is -2.21. The lowest BCUT2D eigenvalue weighted by molar-refractivity contribution is -0.118. The zero-order chi connectivity index (χ0) is 23.3. The van der Waals surface area contributed by atoms with Gasteiger partial charge in [0.1, 0.15) is 11.5 Å². The van der Waals surface area contributed by atoms with Crippen LogP contribution in [0.5, 0.6) is 11.5 Å². The molecule has 0 fully saturated rings. The number of methoxy groups -OCH3 is 1. The Morgan fingerprint density at radius 2 is 1.59 bits per heavy atom. The van der Waals surface area contributed by atoms with Crippen molar-refractivity contribution in [3.63, 3.8) is 0 Å². The molecule has 2 N–H and O–H groups in total. The molecular formula is C22H20Cl2N2O5S. The molecule has 0 bridgehead atoms. The molecule has 7 nitrogen and oxygen atoms in total. The summed E-state index contributed by atoms with van der Waals surface area (Å²) in [5, 5.41) is 3.62. The highest BCUT2D eigenvalue weighted by Crippen LogP contribution is 2.28. The van der Waals surface area contributed by atoms with Gasteiger partial charge in [-0.25, -0.2) is 8.42 Å². The number of ether oxygens (including phenoxy) is 2. The predicted octanol–water partition coefficient (Wildman–Crippen LogP) is 5.13. The maximum absolute atomic E-state index is 12.6. The number of amides is 1. The zero-order valence-corrected chi connectivity index (χ0v) is 19.5. The molecule has 3 aromatic rings. The van der Waals surface area contributed by atoms with Crippen LogP contribution in [0.4, 0.5) is 11.4 Å². The Morgan fingerprint density at radius 1 is 0.938 bits per heavy atom. The van der Waals surface area contributed by atoms with E-state index in [9.17, 15) is 13.2 Å². The number of carbonyl (C=O) groups is 1. The minimum atomic E-state index is -3.80. The van der Waals surface area contributed by atoms with Crippen LogP contribution in [-0.4, -0.2) is 28.0 Å². The Hall–Kier alpha value is -2.94. The molecule has 0 spiro atoms. The van der Waals surface area contributed by atoms with Crippen LogP contribution in [-0.2, 0) is 14.8 Å². The van der Waals surface area contributed by atoms with E-state index in [1.807, 2.05) is 0 Å². The largest absolute Gasteiger partial charge is 0.495 e. The Morgan fingerprint density at radius 3 is 2.25 bits per heavy atom. The molecule has 32 heavy (non-hydrogen) atoms. The molecule has 0 aliphatic heterocycles. The molecule has 0 aromatic heterocycles. The molecular weight excluding hydrogens is 475 g/mol. The number of halogens is 2. The fraction of sp³-hybridized carbons (Fsp3) is 0.136. The number of aryl methyl sites for hydroxylation is 1. The molecule has 10 heteroatoms. The van der Waals surface area contributed by atoms with Crippen LogP contribution < -0.4 is 19.5 Å². The number of hydrogen-bond acceptors (Lipinski definition) is 5. The van der Waals surface area contributed by atoms with Gasteiger partial charge in [-0.15, -0.1) is 0 Å². The van der Waals surface area contributed by atoms with Gasteiger partial charge in [0.2, 0.25) is 0 Å². The van der Waals surface area contributed by atoms with Crippen LogP contribution in [0.3, 0.4) is 0 Å². The van der Waals surface area contributed by atoms with Gasteiger partial charge < -0.3 is 14.8 Å². The normalized spacial score (nSPS) is 11.0. The second kappa shape index (κ2) is 10.1. The van der Waals surface area contributed by atoms with Crippen molar-refractivity contribution < 1.29 is 22.7 Å². The number of hydrogen-bond donors (Lipinski definition) is 2. The van der Waals surface area contributed by atoms with Crippen LogP contribution in [0.2, 0.25) is 10.0 Å². The van der Waals surface area contributed by atoms with Crippen molar-refractivity contribution in [3.05, 3.63) is 76.3 Å². The fourth-order valence-corrected chi connectivity index (χ4v) is 4.23. The van der Waals surface area contributed by atoms with Gasteiger partial charge in [-0.2, -0.15) is 0 Å². The van der Waals surface area contributed by atoms with Crippen molar-refractivity contribution in [2.24, 2.45) is 0 Å². The lowest BCUT2D eigenvalue weighted by atomic mass is 10.2. The molecule has 0 heterocycles. The molecule has 0 saturated carbocycles. The number of carbonyl (C=O) groups excluding carboxylic acids is 1. The average Bonchev–Trinajstić information content (AvgIpc) is 2.74. The van der Waals surface area contributed by atoms with E-state index in [0.29, 0.717) is 38.5 Å². The minimum Gasteiger partial charge on any atom is -0.495 e. The quantitative estimate of drug-likeness (QED) is 0.452. The smallest absolute Gasteiger partial charge is 0.262 e. The van der Waals surface area contributed by atoms with E-state index in [-0.39, 0.29) is 11.5 Å². The van der Waals surface area contributed by atoms with Crippen molar-refractivity contribution in [1.82, 2.24) is 0 Å². The molecule has 1 amide bonds. The third kappa shape index (κ3) is 6.06. The number of benzene rings is 3. The zero-order valence-electron chi connectivity index (χ0n) is 17.2. The highest BCUT2D eigenvalue weighted by atomic mass is 35.5. The first-order valence-electron chi connectivity index (χ1n) is 9.33. The predicted molar refractivity (Wildman–Crippen MR) is 126 cm³/mol. The molecule has 0 saturated heterocycles. The topological polar surface area (TPSA) is 93.7 Å². The molecule has 0 radical (unpaired) electrons. The minimum absolute atomic E-state index is 0.0606. The van der Waals surface area contributed by atoms with E-state index in [4.69, 9.17) is 32.7 Å². The number of anilines is 2. The first-order chi connectivity index (χ1) is 15.2. The van der Waals surface area contributed by atoms with Gasteiger partial charge in [0.25, 0.3) is 15.9 Å². The van der Waals surface area contributed by atoms with Gasteiger partial charge in [0, 0.05) is 15.7 Å². The Balaban J connectivity index is 1.65. The van der Waals surface area contributed by atoms with E-state index in [0.717, 1.165) is 0 Å². The van der Waals surface area contributed by atoms with Gasteiger partial charge >= 0.3 is 0 Å². The van der Waals surface area contributed by atoms with Crippen LogP contribution in [0.15, 0.2) is 65.6 Å². The second-order valence-electron chi connectivity index (χ2n) is 6.72. The van der Waals surface area contributed by atoms with E-state index in [2.05, 4.69) is 10.0 Å². The van der Waals surface area contributed by atoms with Gasteiger partial charge in [0.05, 0.1) is 17.7 Å². The third-order valence-corrected chi connectivity index (χ3v) is 6.21. The van der Waals surface area contributed by atoms with Crippen molar-refractivity contribution in [1.29, 1.82) is 0 Å². The van der Waals surface area contributed by atoms with E-state index in [1.54, 1.807) is 49.4 Å². The highest BCUT2D eigenvalue weighted by Gasteiger charge is 2.16. The van der Waals surface area contributed by atoms with Gasteiger partial charge in [-0.05, 0) is 73.2 Å². The average molecular weight is 495 g/mol. The summed E-state index contributed by atoms with van der Waals surface area (Å²) in [7, 11) is -2.32. The van der Waals surface area contributed by atoms with Crippen LogP contribution in [0.25, 0.3) is 0 Å². The third-order valence-electron chi connectivity index (χ3n) is 4.35. The Labute approximate surface area is 196 Å². The maximum Gasteiger partial charge on any atom is 0.262 e. The number of sulfonamides is 1. The first-order valence-corrected chi connectivity index (χ1v) is 11.6. The van der Waals surface area contributed by atoms with Crippen LogP contribution in [0, 0.1) is 6.92 Å². The van der Waals surface area contributed by atoms with Crippen molar-refractivity contribution in [3.8, 4) is 11.5 Å². The summed E-state index contributed by atoms with van der Waals surface area (Å²) in [6, 6.07) is 15.5. The Bertz CT molecular complexity index is 1230. The summed E-state index contributed by atoms with van der Waals surface area (Å²) >= 11 is 11.8. The maximum atomic E-state index is 12.6. The van der Waals surface area contributed by atoms with E-state index >= 15 is 0 Å². The summed E-state index contributed by atoms with van der Waals surface area (Å²) < 4.78 is 38.5. The van der Waals surface area contributed by atoms with Gasteiger partial charge in [-0.1, -0.05) is 23.2 Å². The van der Waals surface area contributed by atoms with E-state index in [1.165, 1.54) is 25.3 Å². The molecule has 0 unspecified atom stereocenters. The van der Waals surface area contributed by atoms with Crippen LogP contribution in [0.1, 0.15) is 5.56 Å². The summed E-state index contributed by atoms with van der Waals surface area (Å²) in [6.07, 6.45) is 0. The molecule has 3 aromatic carbocycles. The number of nitrogens with one attached hydrogen (secondary N) is 2. The highest BCUT2D eigenvalue weighted by molar-refractivity contribution is 7.92. The van der Waals surface area contributed by atoms with Crippen LogP contribution >= 0.6 is 23.2 Å². The monoisotopic (exact) mass is 494 g/mol. The summed E-state index contributed by atoms with van der Waals surface area (Å²) in [5.74, 6) is 0.413. The molecule has 168 valence electrons. The van der Waals surface area contributed by atoms with E-state index < -0.39 is 15.9 Å². The molecule has 0 atom stereocenters. The standard InChI is InChI=1S/C22H20Cl2N2O5S/c1-14-11-18(32(28,29)26-17-6-3-15(23)4-7-17)8-10-20(14)31-13-22(27)25-19-12-16(24)5-9-21(19)30-2/h3-12,26H,13H2,1-2H3,(H,25,27). The summed E-state index contributed by atoms with van der Waals surface area (Å²) in [6.45, 7) is 1.40. The summed E-state index contributed by atoms with van der Waals surface area (Å²) in [4.78, 5) is 12.3.